The molecule has 62 heavy (non-hydrogen) atoms. The van der Waals surface area contributed by atoms with Crippen LogP contribution in [0.4, 0.5) is 0 Å². The first kappa shape index (κ1) is 44.2. The summed E-state index contributed by atoms with van der Waals surface area (Å²) in [6.07, 6.45) is 0.779. The number of aliphatic hydroxyl groups excluding tert-OH is 2. The number of epoxide rings is 1. The Labute approximate surface area is 364 Å². The smallest absolute Gasteiger partial charge is 0.145 e. The van der Waals surface area contributed by atoms with Crippen LogP contribution >= 0.6 is 0 Å². The van der Waals surface area contributed by atoms with Crippen molar-refractivity contribution < 1.29 is 48.1 Å². The highest BCUT2D eigenvalue weighted by Gasteiger charge is 2.23. The van der Waals surface area contributed by atoms with Gasteiger partial charge in [0.05, 0.1) is 26.4 Å². The second-order valence-corrected chi connectivity index (χ2v) is 15.6. The first-order chi connectivity index (χ1) is 30.3. The fourth-order valence-electron chi connectivity index (χ4n) is 6.45. The summed E-state index contributed by atoms with van der Waals surface area (Å²) in [5, 5.41) is 19.9. The van der Waals surface area contributed by atoms with Crippen LogP contribution in [-0.2, 0) is 27.1 Å². The third-order valence-corrected chi connectivity index (χ3v) is 10.2. The van der Waals surface area contributed by atoms with E-state index in [0.29, 0.717) is 19.8 Å². The van der Waals surface area contributed by atoms with Gasteiger partial charge in [0.15, 0.2) is 0 Å². The lowest BCUT2D eigenvalue weighted by Gasteiger charge is -2.26. The molecule has 2 saturated heterocycles. The molecule has 3 unspecified atom stereocenters. The van der Waals surface area contributed by atoms with Crippen molar-refractivity contribution in [3.8, 4) is 39.9 Å². The number of hydrogen-bond acceptors (Lipinski definition) is 10. The topological polar surface area (TPSA) is 118 Å². The molecule has 324 valence electrons. The quantitative estimate of drug-likeness (QED) is 0.0686. The highest BCUT2D eigenvalue weighted by molar-refractivity contribution is 5.64. The maximum absolute atomic E-state index is 10.3. The van der Waals surface area contributed by atoms with E-state index in [9.17, 15) is 10.2 Å². The number of benzene rings is 6. The summed E-state index contributed by atoms with van der Waals surface area (Å²) in [5.41, 5.74) is 8.36. The number of ether oxygens (including phenoxy) is 8. The zero-order valence-corrected chi connectivity index (χ0v) is 35.4. The molecule has 3 atom stereocenters. The Kier molecular flexibility index (Phi) is 16.3. The summed E-state index contributed by atoms with van der Waals surface area (Å²) in [7, 11) is 1.55. The molecule has 0 aliphatic carbocycles. The number of aryl methyl sites for hydroxylation is 1. The third kappa shape index (κ3) is 14.6. The molecule has 0 amide bonds. The monoisotopic (exact) mass is 840 g/mol. The zero-order chi connectivity index (χ0) is 42.9. The number of methoxy groups -OCH3 is 1. The predicted octanol–water partition coefficient (Wildman–Crippen LogP) is 8.29. The average Bonchev–Trinajstić information content (AvgIpc) is 4.12. The molecule has 6 aromatic carbocycles. The fraction of sp³-hybridized carbons (Fsp3) is 0.308. The van der Waals surface area contributed by atoms with Crippen LogP contribution in [-0.4, -0.2) is 94.6 Å². The van der Waals surface area contributed by atoms with Crippen LogP contribution in [0.2, 0.25) is 0 Å². The van der Waals surface area contributed by atoms with Gasteiger partial charge in [-0.1, -0.05) is 90.5 Å². The van der Waals surface area contributed by atoms with Crippen LogP contribution in [0.1, 0.15) is 27.8 Å². The van der Waals surface area contributed by atoms with Gasteiger partial charge in [-0.05, 0) is 114 Å². The maximum Gasteiger partial charge on any atom is 0.145 e. The molecule has 0 saturated carbocycles. The standard InChI is InChI=1S/C32H32O5.C20H24O5/c1-23-2-8-26(9-3-23)27-10-16-30(17-11-27)36-20-28(33)19-35-29-12-4-24(5-13-29)18-25-6-14-31(15-7-25)37-32-21-34-22-32;1-22-11-17(21)12-23-18-6-2-15(3-7-18)10-16-4-8-19(9-5-16)24-13-20-14-25-20/h2-17,28,32-33H,18-22H2,1H3;2-9,17,20-21H,10-14H2,1H3. The van der Waals surface area contributed by atoms with Gasteiger partial charge in [-0.3, -0.25) is 0 Å². The summed E-state index contributed by atoms with van der Waals surface area (Å²) in [4.78, 5) is 0. The number of rotatable bonds is 21. The van der Waals surface area contributed by atoms with Crippen molar-refractivity contribution in [2.75, 3.05) is 60.0 Å². The Bertz CT molecular complexity index is 2180. The van der Waals surface area contributed by atoms with Gasteiger partial charge in [0.1, 0.15) is 79.6 Å². The first-order valence-electron chi connectivity index (χ1n) is 21.1. The van der Waals surface area contributed by atoms with E-state index in [1.165, 1.54) is 33.4 Å². The summed E-state index contributed by atoms with van der Waals surface area (Å²) in [6, 6.07) is 48.5. The molecule has 6 aromatic rings. The van der Waals surface area contributed by atoms with Crippen LogP contribution < -0.4 is 23.7 Å². The molecular weight excluding hydrogens is 785 g/mol. The number of hydrogen-bond donors (Lipinski definition) is 2. The Balaban J connectivity index is 0.000000201. The molecule has 2 N–H and O–H groups in total. The molecular formula is C52H56O10. The van der Waals surface area contributed by atoms with Gasteiger partial charge in [0.2, 0.25) is 0 Å². The normalized spacial score (nSPS) is 15.3. The van der Waals surface area contributed by atoms with Crippen molar-refractivity contribution in [3.05, 3.63) is 173 Å². The van der Waals surface area contributed by atoms with E-state index in [2.05, 4.69) is 55.5 Å². The van der Waals surface area contributed by atoms with Crippen LogP contribution in [0, 0.1) is 6.92 Å². The largest absolute Gasteiger partial charge is 0.491 e. The molecule has 2 aliphatic heterocycles. The van der Waals surface area contributed by atoms with E-state index < -0.39 is 12.2 Å². The second kappa shape index (κ2) is 22.8. The molecule has 0 bridgehead atoms. The fourth-order valence-corrected chi connectivity index (χ4v) is 6.45. The van der Waals surface area contributed by atoms with E-state index >= 15 is 0 Å². The summed E-state index contributed by atoms with van der Waals surface area (Å²) >= 11 is 0. The van der Waals surface area contributed by atoms with E-state index in [0.717, 1.165) is 53.8 Å². The van der Waals surface area contributed by atoms with E-state index in [1.54, 1.807) is 7.11 Å². The Morgan fingerprint density at radius 2 is 0.855 bits per heavy atom. The lowest BCUT2D eigenvalue weighted by molar-refractivity contribution is -0.0796. The predicted molar refractivity (Wildman–Crippen MR) is 239 cm³/mol. The van der Waals surface area contributed by atoms with E-state index in [1.807, 2.05) is 97.1 Å². The Hall–Kier alpha value is -5.88. The molecule has 2 fully saturated rings. The first-order valence-corrected chi connectivity index (χ1v) is 21.1. The van der Waals surface area contributed by atoms with Crippen molar-refractivity contribution in [1.82, 2.24) is 0 Å². The summed E-state index contributed by atoms with van der Waals surface area (Å²) in [6.45, 7) is 5.67. The molecule has 2 aliphatic rings. The van der Waals surface area contributed by atoms with Gasteiger partial charge in [0, 0.05) is 7.11 Å². The number of aliphatic hydroxyl groups is 2. The van der Waals surface area contributed by atoms with Crippen molar-refractivity contribution in [2.24, 2.45) is 0 Å². The van der Waals surface area contributed by atoms with Crippen molar-refractivity contribution in [1.29, 1.82) is 0 Å². The van der Waals surface area contributed by atoms with Gasteiger partial charge in [-0.2, -0.15) is 0 Å². The van der Waals surface area contributed by atoms with Crippen molar-refractivity contribution in [3.63, 3.8) is 0 Å². The third-order valence-electron chi connectivity index (χ3n) is 10.2. The van der Waals surface area contributed by atoms with Gasteiger partial charge >= 0.3 is 0 Å². The van der Waals surface area contributed by atoms with Gasteiger partial charge in [0.25, 0.3) is 0 Å². The molecule has 0 radical (unpaired) electrons. The molecule has 10 nitrogen and oxygen atoms in total. The molecule has 2 heterocycles. The lowest BCUT2D eigenvalue weighted by Crippen LogP contribution is -2.38. The Morgan fingerprint density at radius 3 is 1.24 bits per heavy atom. The summed E-state index contributed by atoms with van der Waals surface area (Å²) in [5.74, 6) is 3.93. The minimum atomic E-state index is -0.733. The highest BCUT2D eigenvalue weighted by Crippen LogP contribution is 2.24. The highest BCUT2D eigenvalue weighted by atomic mass is 16.6. The van der Waals surface area contributed by atoms with E-state index in [-0.39, 0.29) is 38.6 Å². The van der Waals surface area contributed by atoms with E-state index in [4.69, 9.17) is 37.9 Å². The molecule has 0 spiro atoms. The molecule has 10 heteroatoms. The van der Waals surface area contributed by atoms with Crippen molar-refractivity contribution >= 4 is 0 Å². The SMILES string of the molecule is COCC(O)COc1ccc(Cc2ccc(OCC3CO3)cc2)cc1.Cc1ccc(-c2ccc(OCC(O)COc3ccc(Cc4ccc(OC5COC5)cc4)cc3)cc2)cc1. The minimum Gasteiger partial charge on any atom is -0.491 e. The van der Waals surface area contributed by atoms with Crippen LogP contribution in [0.3, 0.4) is 0 Å². The van der Waals surface area contributed by atoms with Crippen LogP contribution in [0.25, 0.3) is 11.1 Å². The van der Waals surface area contributed by atoms with Gasteiger partial charge in [-0.15, -0.1) is 0 Å². The van der Waals surface area contributed by atoms with Crippen LogP contribution in [0.5, 0.6) is 28.7 Å². The zero-order valence-electron chi connectivity index (χ0n) is 35.4. The van der Waals surface area contributed by atoms with Gasteiger partial charge in [-0.25, -0.2) is 0 Å². The van der Waals surface area contributed by atoms with Crippen LogP contribution in [0.15, 0.2) is 146 Å². The lowest BCUT2D eigenvalue weighted by atomic mass is 10.0. The summed E-state index contributed by atoms with van der Waals surface area (Å²) < 4.78 is 43.6. The Morgan fingerprint density at radius 1 is 0.484 bits per heavy atom. The minimum absolute atomic E-state index is 0.161. The van der Waals surface area contributed by atoms with Gasteiger partial charge < -0.3 is 48.1 Å². The molecule has 8 rings (SSSR count). The van der Waals surface area contributed by atoms with Crippen molar-refractivity contribution in [2.45, 2.75) is 44.2 Å². The maximum atomic E-state index is 10.3. The molecule has 0 aromatic heterocycles. The average molecular weight is 841 g/mol. The second-order valence-electron chi connectivity index (χ2n) is 15.6.